The molecule has 0 aliphatic heterocycles. The Hall–Kier alpha value is -0.900. The SMILES string of the molecule is CNCc1cc(Cl)cc(S(=O)(=O)NCCC(F)(F)F)c1F. The fraction of sp³-hybridized carbons (Fsp3) is 0.455. The van der Waals surface area contributed by atoms with Gasteiger partial charge in [-0.05, 0) is 19.2 Å². The van der Waals surface area contributed by atoms with Crippen molar-refractivity contribution >= 4 is 21.6 Å². The Labute approximate surface area is 124 Å². The third-order valence-corrected chi connectivity index (χ3v) is 4.12. The number of hydrogen-bond donors (Lipinski definition) is 2. The van der Waals surface area contributed by atoms with Gasteiger partial charge in [-0.25, -0.2) is 17.5 Å². The number of sulfonamides is 1. The molecule has 0 aromatic heterocycles. The summed E-state index contributed by atoms with van der Waals surface area (Å²) in [6.45, 7) is -0.851. The zero-order valence-corrected chi connectivity index (χ0v) is 12.5. The van der Waals surface area contributed by atoms with E-state index >= 15 is 0 Å². The molecule has 21 heavy (non-hydrogen) atoms. The average molecular weight is 349 g/mol. The van der Waals surface area contributed by atoms with Gasteiger partial charge in [0.1, 0.15) is 10.7 Å². The molecule has 0 aliphatic carbocycles. The molecule has 0 saturated carbocycles. The van der Waals surface area contributed by atoms with Gasteiger partial charge in [-0.2, -0.15) is 13.2 Å². The van der Waals surface area contributed by atoms with Crippen LogP contribution in [-0.4, -0.2) is 28.2 Å². The quantitative estimate of drug-likeness (QED) is 0.776. The molecule has 0 unspecified atom stereocenters. The third kappa shape index (κ3) is 5.42. The van der Waals surface area contributed by atoms with Gasteiger partial charge in [-0.1, -0.05) is 11.6 Å². The highest BCUT2D eigenvalue weighted by Gasteiger charge is 2.28. The molecule has 4 nitrogen and oxygen atoms in total. The molecule has 0 radical (unpaired) electrons. The molecule has 1 aromatic carbocycles. The molecule has 0 bridgehead atoms. The second-order valence-electron chi connectivity index (χ2n) is 4.17. The van der Waals surface area contributed by atoms with Crippen LogP contribution in [0.3, 0.4) is 0 Å². The molecule has 0 amide bonds. The van der Waals surface area contributed by atoms with Crippen LogP contribution in [0.2, 0.25) is 5.02 Å². The van der Waals surface area contributed by atoms with Crippen molar-refractivity contribution < 1.29 is 26.0 Å². The van der Waals surface area contributed by atoms with E-state index in [0.717, 1.165) is 6.07 Å². The Morgan fingerprint density at radius 1 is 1.29 bits per heavy atom. The van der Waals surface area contributed by atoms with Gasteiger partial charge in [0, 0.05) is 23.7 Å². The summed E-state index contributed by atoms with van der Waals surface area (Å²) in [5.74, 6) is -1.05. The maximum absolute atomic E-state index is 14.1. The lowest BCUT2D eigenvalue weighted by molar-refractivity contribution is -0.132. The first-order valence-corrected chi connectivity index (χ1v) is 7.62. The van der Waals surface area contributed by atoms with Gasteiger partial charge < -0.3 is 5.32 Å². The van der Waals surface area contributed by atoms with Gasteiger partial charge in [-0.3, -0.25) is 0 Å². The molecule has 0 spiro atoms. The predicted octanol–water partition coefficient (Wildman–Crippen LogP) is 2.43. The molecular weight excluding hydrogens is 336 g/mol. The summed E-state index contributed by atoms with van der Waals surface area (Å²) in [5, 5.41) is 2.60. The van der Waals surface area contributed by atoms with Crippen LogP contribution in [0.15, 0.2) is 17.0 Å². The molecule has 1 rings (SSSR count). The molecule has 1 aromatic rings. The molecular formula is C11H13ClF4N2O2S. The lowest BCUT2D eigenvalue weighted by atomic mass is 10.2. The van der Waals surface area contributed by atoms with E-state index in [2.05, 4.69) is 5.32 Å². The van der Waals surface area contributed by atoms with E-state index in [1.54, 1.807) is 4.72 Å². The third-order valence-electron chi connectivity index (χ3n) is 2.44. The lowest BCUT2D eigenvalue weighted by Crippen LogP contribution is -2.29. The molecule has 120 valence electrons. The Kier molecular flexibility index (Phi) is 5.97. The number of halogens is 5. The van der Waals surface area contributed by atoms with Crippen LogP contribution >= 0.6 is 11.6 Å². The Balaban J connectivity index is 3.03. The van der Waals surface area contributed by atoms with Crippen LogP contribution in [0.4, 0.5) is 17.6 Å². The van der Waals surface area contributed by atoms with E-state index in [4.69, 9.17) is 11.6 Å². The van der Waals surface area contributed by atoms with Crippen molar-refractivity contribution in [1.29, 1.82) is 0 Å². The summed E-state index contributed by atoms with van der Waals surface area (Å²) in [6, 6.07) is 2.09. The standard InChI is InChI=1S/C11H13ClF4N2O2S/c1-17-6-7-4-8(12)5-9(10(7)13)21(19,20)18-3-2-11(14,15)16/h4-5,17-18H,2-3,6H2,1H3. The summed E-state index contributed by atoms with van der Waals surface area (Å²) in [7, 11) is -2.89. The van der Waals surface area contributed by atoms with Gasteiger partial charge in [0.15, 0.2) is 0 Å². The lowest BCUT2D eigenvalue weighted by Gasteiger charge is -2.12. The zero-order valence-electron chi connectivity index (χ0n) is 10.9. The van der Waals surface area contributed by atoms with E-state index in [1.165, 1.54) is 13.1 Å². The molecule has 0 fully saturated rings. The monoisotopic (exact) mass is 348 g/mol. The molecule has 0 aliphatic rings. The zero-order chi connectivity index (χ0) is 16.3. The van der Waals surface area contributed by atoms with Crippen molar-refractivity contribution in [3.63, 3.8) is 0 Å². The van der Waals surface area contributed by atoms with E-state index in [1.807, 2.05) is 0 Å². The Morgan fingerprint density at radius 3 is 2.43 bits per heavy atom. The average Bonchev–Trinajstić information content (AvgIpc) is 2.31. The van der Waals surface area contributed by atoms with Crippen molar-refractivity contribution in [2.45, 2.75) is 24.0 Å². The van der Waals surface area contributed by atoms with Crippen molar-refractivity contribution in [3.05, 3.63) is 28.5 Å². The summed E-state index contributed by atoms with van der Waals surface area (Å²) in [5.41, 5.74) is 0.00111. The van der Waals surface area contributed by atoms with Crippen molar-refractivity contribution in [1.82, 2.24) is 10.0 Å². The summed E-state index contributed by atoms with van der Waals surface area (Å²) >= 11 is 5.70. The summed E-state index contributed by atoms with van der Waals surface area (Å²) in [4.78, 5) is -0.776. The van der Waals surface area contributed by atoms with Gasteiger partial charge in [-0.15, -0.1) is 0 Å². The number of hydrogen-bond acceptors (Lipinski definition) is 3. The largest absolute Gasteiger partial charge is 0.390 e. The van der Waals surface area contributed by atoms with E-state index in [-0.39, 0.29) is 17.1 Å². The van der Waals surface area contributed by atoms with Crippen LogP contribution in [-0.2, 0) is 16.6 Å². The minimum absolute atomic E-state index is 0.00111. The van der Waals surface area contributed by atoms with Crippen molar-refractivity contribution in [2.75, 3.05) is 13.6 Å². The number of rotatable bonds is 6. The van der Waals surface area contributed by atoms with Crippen LogP contribution < -0.4 is 10.0 Å². The van der Waals surface area contributed by atoms with Crippen LogP contribution in [0.5, 0.6) is 0 Å². The van der Waals surface area contributed by atoms with Crippen LogP contribution in [0.1, 0.15) is 12.0 Å². The first kappa shape index (κ1) is 18.1. The topological polar surface area (TPSA) is 58.2 Å². The van der Waals surface area contributed by atoms with Crippen LogP contribution in [0, 0.1) is 5.82 Å². The fourth-order valence-electron chi connectivity index (χ4n) is 1.54. The minimum Gasteiger partial charge on any atom is -0.316 e. The minimum atomic E-state index is -4.51. The fourth-order valence-corrected chi connectivity index (χ4v) is 3.02. The maximum atomic E-state index is 14.1. The molecule has 0 atom stereocenters. The van der Waals surface area contributed by atoms with Gasteiger partial charge in [0.25, 0.3) is 0 Å². The number of alkyl halides is 3. The Bertz CT molecular complexity index is 605. The van der Waals surface area contributed by atoms with Crippen molar-refractivity contribution in [2.24, 2.45) is 0 Å². The smallest absolute Gasteiger partial charge is 0.316 e. The highest BCUT2D eigenvalue weighted by atomic mass is 35.5. The van der Waals surface area contributed by atoms with E-state index in [9.17, 15) is 26.0 Å². The first-order chi connectivity index (χ1) is 9.57. The van der Waals surface area contributed by atoms with Gasteiger partial charge in [0.05, 0.1) is 6.42 Å². The second kappa shape index (κ2) is 6.91. The van der Waals surface area contributed by atoms with E-state index in [0.29, 0.717) is 0 Å². The summed E-state index contributed by atoms with van der Waals surface area (Å²) < 4.78 is 75.5. The predicted molar refractivity (Wildman–Crippen MR) is 70.0 cm³/mol. The highest BCUT2D eigenvalue weighted by Crippen LogP contribution is 2.24. The maximum Gasteiger partial charge on any atom is 0.390 e. The molecule has 0 heterocycles. The normalized spacial score (nSPS) is 12.7. The van der Waals surface area contributed by atoms with Crippen molar-refractivity contribution in [3.8, 4) is 0 Å². The highest BCUT2D eigenvalue weighted by molar-refractivity contribution is 7.89. The van der Waals surface area contributed by atoms with E-state index < -0.39 is 39.9 Å². The van der Waals surface area contributed by atoms with Crippen LogP contribution in [0.25, 0.3) is 0 Å². The Morgan fingerprint density at radius 2 is 1.90 bits per heavy atom. The number of benzene rings is 1. The summed E-state index contributed by atoms with van der Waals surface area (Å²) in [6.07, 6.45) is -5.86. The molecule has 10 heteroatoms. The first-order valence-electron chi connectivity index (χ1n) is 5.76. The van der Waals surface area contributed by atoms with Gasteiger partial charge in [0.2, 0.25) is 10.0 Å². The van der Waals surface area contributed by atoms with Gasteiger partial charge >= 0.3 is 6.18 Å². The molecule has 2 N–H and O–H groups in total. The second-order valence-corrected chi connectivity index (χ2v) is 6.34. The molecule has 0 saturated heterocycles. The number of nitrogens with one attached hydrogen (secondary N) is 2.